The van der Waals surface area contributed by atoms with Crippen LogP contribution >= 0.6 is 0 Å². The highest BCUT2D eigenvalue weighted by Gasteiger charge is 2.26. The summed E-state index contributed by atoms with van der Waals surface area (Å²) in [5.41, 5.74) is 0. The van der Waals surface area contributed by atoms with Gasteiger partial charge in [-0.3, -0.25) is 0 Å². The molecule has 1 heterocycles. The third-order valence-corrected chi connectivity index (χ3v) is 5.70. The molecule has 0 aromatic carbocycles. The maximum absolute atomic E-state index is 11.6. The van der Waals surface area contributed by atoms with Crippen LogP contribution in [0.4, 0.5) is 0 Å². The van der Waals surface area contributed by atoms with Gasteiger partial charge in [-0.1, -0.05) is 26.7 Å². The van der Waals surface area contributed by atoms with Gasteiger partial charge in [0.1, 0.15) is 0 Å². The summed E-state index contributed by atoms with van der Waals surface area (Å²) < 4.78 is 24.8. The van der Waals surface area contributed by atoms with E-state index >= 15 is 0 Å². The van der Waals surface area contributed by atoms with Crippen LogP contribution in [0.5, 0.6) is 0 Å². The third kappa shape index (κ3) is 5.40. The zero-order chi connectivity index (χ0) is 14.5. The zero-order valence-corrected chi connectivity index (χ0v) is 13.7. The molecule has 0 amide bonds. The molecular formula is C14H30N2O2S. The minimum absolute atomic E-state index is 0.459. The Morgan fingerprint density at radius 2 is 1.95 bits per heavy atom. The molecule has 0 saturated carbocycles. The Balaban J connectivity index is 2.41. The van der Waals surface area contributed by atoms with E-state index in [2.05, 4.69) is 26.1 Å². The van der Waals surface area contributed by atoms with Crippen molar-refractivity contribution in [1.29, 1.82) is 0 Å². The highest BCUT2D eigenvalue weighted by molar-refractivity contribution is 7.88. The van der Waals surface area contributed by atoms with E-state index in [0.717, 1.165) is 25.3 Å². The molecule has 2 atom stereocenters. The number of nitrogens with zero attached hydrogens (tertiary/aromatic N) is 1. The molecule has 0 bridgehead atoms. The van der Waals surface area contributed by atoms with Gasteiger partial charge in [0.15, 0.2) is 0 Å². The van der Waals surface area contributed by atoms with Crippen LogP contribution in [-0.4, -0.2) is 44.7 Å². The van der Waals surface area contributed by atoms with Crippen LogP contribution in [0.2, 0.25) is 0 Å². The highest BCUT2D eigenvalue weighted by Crippen LogP contribution is 2.19. The number of sulfonamides is 1. The number of hydrogen-bond acceptors (Lipinski definition) is 3. The van der Waals surface area contributed by atoms with Crippen LogP contribution in [0, 0.1) is 11.8 Å². The standard InChI is InChI=1S/C14H30N2O2S/c1-5-14(6-2)12(3)15-10-13-8-7-9-16(11-13)19(4,17)18/h12-15H,5-11H2,1-4H3. The molecule has 1 rings (SSSR count). The van der Waals surface area contributed by atoms with Gasteiger partial charge in [-0.2, -0.15) is 0 Å². The molecule has 1 aliphatic heterocycles. The fourth-order valence-electron chi connectivity index (χ4n) is 3.01. The first kappa shape index (κ1) is 16.9. The van der Waals surface area contributed by atoms with Gasteiger partial charge in [-0.05, 0) is 38.1 Å². The summed E-state index contributed by atoms with van der Waals surface area (Å²) >= 11 is 0. The second-order valence-corrected chi connectivity index (χ2v) is 7.89. The number of piperidine rings is 1. The monoisotopic (exact) mass is 290 g/mol. The van der Waals surface area contributed by atoms with E-state index in [1.54, 1.807) is 4.31 Å². The minimum atomic E-state index is -3.02. The largest absolute Gasteiger partial charge is 0.314 e. The fourth-order valence-corrected chi connectivity index (χ4v) is 3.95. The molecule has 0 spiro atoms. The number of nitrogens with one attached hydrogen (secondary N) is 1. The van der Waals surface area contributed by atoms with Crippen molar-refractivity contribution >= 4 is 10.0 Å². The van der Waals surface area contributed by atoms with E-state index in [-0.39, 0.29) is 0 Å². The second-order valence-electron chi connectivity index (χ2n) is 5.90. The average Bonchev–Trinajstić information content (AvgIpc) is 2.37. The summed E-state index contributed by atoms with van der Waals surface area (Å²) in [4.78, 5) is 0. The van der Waals surface area contributed by atoms with Crippen LogP contribution in [0.15, 0.2) is 0 Å². The molecule has 1 N–H and O–H groups in total. The molecule has 5 heteroatoms. The predicted octanol–water partition coefficient (Wildman–Crippen LogP) is 2.07. The molecule has 19 heavy (non-hydrogen) atoms. The van der Waals surface area contributed by atoms with Crippen LogP contribution in [0.1, 0.15) is 46.5 Å². The molecule has 114 valence electrons. The van der Waals surface area contributed by atoms with Crippen molar-refractivity contribution in [3.05, 3.63) is 0 Å². The van der Waals surface area contributed by atoms with Gasteiger partial charge in [-0.15, -0.1) is 0 Å². The van der Waals surface area contributed by atoms with Gasteiger partial charge in [-0.25, -0.2) is 12.7 Å². The summed E-state index contributed by atoms with van der Waals surface area (Å²) in [6, 6.07) is 0.517. The Hall–Kier alpha value is -0.130. The molecule has 0 aromatic heterocycles. The quantitative estimate of drug-likeness (QED) is 0.781. The van der Waals surface area contributed by atoms with E-state index in [4.69, 9.17) is 0 Å². The van der Waals surface area contributed by atoms with Crippen LogP contribution < -0.4 is 5.32 Å². The topological polar surface area (TPSA) is 49.4 Å². The zero-order valence-electron chi connectivity index (χ0n) is 12.9. The Bertz CT molecular complexity index is 352. The summed E-state index contributed by atoms with van der Waals surface area (Å²) in [7, 11) is -3.02. The molecule has 4 nitrogen and oxygen atoms in total. The first-order valence-corrected chi connectivity index (χ1v) is 9.41. The lowest BCUT2D eigenvalue weighted by Crippen LogP contribution is -2.44. The van der Waals surface area contributed by atoms with Gasteiger partial charge >= 0.3 is 0 Å². The fraction of sp³-hybridized carbons (Fsp3) is 1.00. The van der Waals surface area contributed by atoms with E-state index in [1.807, 2.05) is 0 Å². The molecular weight excluding hydrogens is 260 g/mol. The van der Waals surface area contributed by atoms with Crippen LogP contribution in [0.3, 0.4) is 0 Å². The van der Waals surface area contributed by atoms with Gasteiger partial charge in [0.25, 0.3) is 0 Å². The summed E-state index contributed by atoms with van der Waals surface area (Å²) in [5.74, 6) is 1.18. The molecule has 0 aliphatic carbocycles. The maximum atomic E-state index is 11.6. The Morgan fingerprint density at radius 1 is 1.32 bits per heavy atom. The summed E-state index contributed by atoms with van der Waals surface area (Å²) in [5, 5.41) is 3.60. The predicted molar refractivity (Wildman–Crippen MR) is 80.7 cm³/mol. The highest BCUT2D eigenvalue weighted by atomic mass is 32.2. The maximum Gasteiger partial charge on any atom is 0.211 e. The van der Waals surface area contributed by atoms with Crippen LogP contribution in [0.25, 0.3) is 0 Å². The lowest BCUT2D eigenvalue weighted by atomic mass is 9.94. The molecule has 0 radical (unpaired) electrons. The smallest absolute Gasteiger partial charge is 0.211 e. The van der Waals surface area contributed by atoms with Gasteiger partial charge in [0, 0.05) is 19.1 Å². The Morgan fingerprint density at radius 3 is 2.47 bits per heavy atom. The van der Waals surface area contributed by atoms with E-state index in [9.17, 15) is 8.42 Å². The first-order chi connectivity index (χ1) is 8.88. The minimum Gasteiger partial charge on any atom is -0.314 e. The van der Waals surface area contributed by atoms with Crippen molar-refractivity contribution in [2.75, 3.05) is 25.9 Å². The number of hydrogen-bond donors (Lipinski definition) is 1. The van der Waals surface area contributed by atoms with Crippen molar-refractivity contribution in [3.8, 4) is 0 Å². The van der Waals surface area contributed by atoms with Crippen molar-refractivity contribution in [2.24, 2.45) is 11.8 Å². The normalized spacial score (nSPS) is 23.7. The number of rotatable bonds is 7. The molecule has 1 aliphatic rings. The van der Waals surface area contributed by atoms with Crippen molar-refractivity contribution in [2.45, 2.75) is 52.5 Å². The van der Waals surface area contributed by atoms with E-state index < -0.39 is 10.0 Å². The molecule has 0 aromatic rings. The van der Waals surface area contributed by atoms with Crippen LogP contribution in [-0.2, 0) is 10.0 Å². The second kappa shape index (κ2) is 7.60. The van der Waals surface area contributed by atoms with E-state index in [1.165, 1.54) is 19.1 Å². The SMILES string of the molecule is CCC(CC)C(C)NCC1CCCN(S(C)(=O)=O)C1. The van der Waals surface area contributed by atoms with E-state index in [0.29, 0.717) is 25.0 Å². The van der Waals surface area contributed by atoms with Gasteiger partial charge in [0.2, 0.25) is 10.0 Å². The summed E-state index contributed by atoms with van der Waals surface area (Å²) in [6.07, 6.45) is 5.83. The van der Waals surface area contributed by atoms with Crippen molar-refractivity contribution < 1.29 is 8.42 Å². The van der Waals surface area contributed by atoms with Crippen molar-refractivity contribution in [3.63, 3.8) is 0 Å². The Kier molecular flexibility index (Phi) is 6.77. The third-order valence-electron chi connectivity index (χ3n) is 4.44. The summed E-state index contributed by atoms with van der Waals surface area (Å²) in [6.45, 7) is 9.02. The Labute approximate surface area is 119 Å². The lowest BCUT2D eigenvalue weighted by Gasteiger charge is -2.32. The molecule has 1 saturated heterocycles. The average molecular weight is 290 g/mol. The molecule has 2 unspecified atom stereocenters. The first-order valence-electron chi connectivity index (χ1n) is 7.56. The molecule has 1 fully saturated rings. The van der Waals surface area contributed by atoms with Gasteiger partial charge < -0.3 is 5.32 Å². The van der Waals surface area contributed by atoms with Gasteiger partial charge in [0.05, 0.1) is 6.26 Å². The van der Waals surface area contributed by atoms with Crippen molar-refractivity contribution in [1.82, 2.24) is 9.62 Å². The lowest BCUT2D eigenvalue weighted by molar-refractivity contribution is 0.244.